The molecule has 0 radical (unpaired) electrons. The van der Waals surface area contributed by atoms with Crippen molar-refractivity contribution in [3.63, 3.8) is 0 Å². The van der Waals surface area contributed by atoms with Crippen LogP contribution in [0.25, 0.3) is 10.8 Å². The fourth-order valence-electron chi connectivity index (χ4n) is 3.13. The van der Waals surface area contributed by atoms with Crippen LogP contribution >= 0.6 is 0 Å². The summed E-state index contributed by atoms with van der Waals surface area (Å²) in [7, 11) is -1.97. The van der Waals surface area contributed by atoms with Gasteiger partial charge in [0.15, 0.2) is 0 Å². The Labute approximate surface area is 130 Å². The molecule has 1 saturated heterocycles. The third-order valence-corrected chi connectivity index (χ3v) is 6.26. The minimum Gasteiger partial charge on any atom is -0.496 e. The van der Waals surface area contributed by atoms with E-state index in [1.54, 1.807) is 23.5 Å². The molecule has 1 unspecified atom stereocenters. The van der Waals surface area contributed by atoms with Gasteiger partial charge in [0.05, 0.1) is 12.0 Å². The Morgan fingerprint density at radius 2 is 1.95 bits per heavy atom. The smallest absolute Gasteiger partial charge is 0.243 e. The third kappa shape index (κ3) is 2.37. The lowest BCUT2D eigenvalue weighted by Crippen LogP contribution is -2.39. The van der Waals surface area contributed by atoms with Crippen LogP contribution in [0.2, 0.25) is 0 Å². The molecule has 2 aromatic rings. The Kier molecular flexibility index (Phi) is 4.08. The number of nitrogens with two attached hydrogens (primary N) is 1. The first-order valence-corrected chi connectivity index (χ1v) is 8.81. The average Bonchev–Trinajstić information content (AvgIpc) is 3.03. The van der Waals surface area contributed by atoms with Gasteiger partial charge >= 0.3 is 0 Å². The highest BCUT2D eigenvalue weighted by Gasteiger charge is 2.35. The number of ether oxygens (including phenoxy) is 1. The molecule has 2 N–H and O–H groups in total. The van der Waals surface area contributed by atoms with E-state index in [2.05, 4.69) is 0 Å². The Bertz CT molecular complexity index is 789. The monoisotopic (exact) mass is 320 g/mol. The minimum absolute atomic E-state index is 0.106. The van der Waals surface area contributed by atoms with Crippen LogP contribution in [0.1, 0.15) is 12.8 Å². The number of sulfonamides is 1. The highest BCUT2D eigenvalue weighted by atomic mass is 32.2. The van der Waals surface area contributed by atoms with Crippen LogP contribution in [0.5, 0.6) is 5.75 Å². The fourth-order valence-corrected chi connectivity index (χ4v) is 5.04. The van der Waals surface area contributed by atoms with E-state index in [1.807, 2.05) is 24.3 Å². The quantitative estimate of drug-likeness (QED) is 0.934. The normalized spacial score (nSPS) is 19.6. The first-order valence-electron chi connectivity index (χ1n) is 7.37. The van der Waals surface area contributed by atoms with Crippen molar-refractivity contribution in [2.24, 2.45) is 5.73 Å². The SMILES string of the molecule is COc1ccc(S(=O)(=O)N2CCCC2CN)c2ccccc12. The van der Waals surface area contributed by atoms with Crippen LogP contribution in [0.15, 0.2) is 41.3 Å². The number of nitrogens with zero attached hydrogens (tertiary/aromatic N) is 1. The number of hydrogen-bond donors (Lipinski definition) is 1. The summed E-state index contributed by atoms with van der Waals surface area (Å²) in [5.41, 5.74) is 5.73. The topological polar surface area (TPSA) is 72.6 Å². The molecule has 2 aromatic carbocycles. The van der Waals surface area contributed by atoms with E-state index in [1.165, 1.54) is 0 Å². The zero-order chi connectivity index (χ0) is 15.7. The molecule has 1 aliphatic rings. The predicted molar refractivity (Wildman–Crippen MR) is 86.5 cm³/mol. The molecular weight excluding hydrogens is 300 g/mol. The maximum Gasteiger partial charge on any atom is 0.243 e. The summed E-state index contributed by atoms with van der Waals surface area (Å²) in [6.45, 7) is 0.887. The number of rotatable bonds is 4. The molecule has 1 fully saturated rings. The maximum atomic E-state index is 13.0. The van der Waals surface area contributed by atoms with E-state index in [0.29, 0.717) is 29.1 Å². The summed E-state index contributed by atoms with van der Waals surface area (Å²) in [4.78, 5) is 0.323. The Hall–Kier alpha value is -1.63. The molecule has 6 heteroatoms. The highest BCUT2D eigenvalue weighted by Crippen LogP contribution is 2.34. The Balaban J connectivity index is 2.18. The van der Waals surface area contributed by atoms with Crippen LogP contribution < -0.4 is 10.5 Å². The van der Waals surface area contributed by atoms with Gasteiger partial charge in [0.2, 0.25) is 10.0 Å². The minimum atomic E-state index is -3.55. The summed E-state index contributed by atoms with van der Waals surface area (Å²) in [6, 6.07) is 10.6. The van der Waals surface area contributed by atoms with Gasteiger partial charge in [-0.3, -0.25) is 0 Å². The maximum absolute atomic E-state index is 13.0. The summed E-state index contributed by atoms with van der Waals surface area (Å²) in [6.07, 6.45) is 1.68. The van der Waals surface area contributed by atoms with Gasteiger partial charge in [-0.25, -0.2) is 8.42 Å². The van der Waals surface area contributed by atoms with Crippen LogP contribution in [-0.4, -0.2) is 39.0 Å². The van der Waals surface area contributed by atoms with E-state index in [-0.39, 0.29) is 6.04 Å². The number of fused-ring (bicyclic) bond motifs is 1. The first-order chi connectivity index (χ1) is 10.6. The lowest BCUT2D eigenvalue weighted by Gasteiger charge is -2.24. The van der Waals surface area contributed by atoms with E-state index in [4.69, 9.17) is 10.5 Å². The first kappa shape index (κ1) is 15.3. The summed E-state index contributed by atoms with van der Waals surface area (Å²) >= 11 is 0. The Morgan fingerprint density at radius 1 is 1.23 bits per heavy atom. The van der Waals surface area contributed by atoms with Gasteiger partial charge in [-0.1, -0.05) is 24.3 Å². The second-order valence-corrected chi connectivity index (χ2v) is 7.32. The van der Waals surface area contributed by atoms with Crippen molar-refractivity contribution in [3.8, 4) is 5.75 Å². The zero-order valence-electron chi connectivity index (χ0n) is 12.5. The summed E-state index contributed by atoms with van der Waals surface area (Å²) in [5.74, 6) is 0.673. The van der Waals surface area contributed by atoms with Gasteiger partial charge in [-0.05, 0) is 25.0 Å². The average molecular weight is 320 g/mol. The van der Waals surface area contributed by atoms with Crippen LogP contribution in [-0.2, 0) is 10.0 Å². The molecule has 0 bridgehead atoms. The van der Waals surface area contributed by atoms with Crippen LogP contribution in [0, 0.1) is 0 Å². The lowest BCUT2D eigenvalue weighted by molar-refractivity contribution is 0.393. The van der Waals surface area contributed by atoms with E-state index in [9.17, 15) is 8.42 Å². The molecule has 5 nitrogen and oxygen atoms in total. The molecule has 0 aromatic heterocycles. The van der Waals surface area contributed by atoms with Crippen molar-refractivity contribution >= 4 is 20.8 Å². The molecule has 1 heterocycles. The van der Waals surface area contributed by atoms with Gasteiger partial charge < -0.3 is 10.5 Å². The molecule has 118 valence electrons. The van der Waals surface area contributed by atoms with Gasteiger partial charge in [0.25, 0.3) is 0 Å². The van der Waals surface area contributed by atoms with Crippen molar-refractivity contribution in [1.29, 1.82) is 0 Å². The van der Waals surface area contributed by atoms with Gasteiger partial charge in [-0.2, -0.15) is 4.31 Å². The molecule has 3 rings (SSSR count). The molecule has 0 amide bonds. The Morgan fingerprint density at radius 3 is 2.64 bits per heavy atom. The molecule has 0 saturated carbocycles. The number of hydrogen-bond acceptors (Lipinski definition) is 4. The van der Waals surface area contributed by atoms with E-state index >= 15 is 0 Å². The fraction of sp³-hybridized carbons (Fsp3) is 0.375. The molecule has 0 aliphatic carbocycles. The van der Waals surface area contributed by atoms with Gasteiger partial charge in [0, 0.05) is 29.9 Å². The van der Waals surface area contributed by atoms with E-state index in [0.717, 1.165) is 18.2 Å². The van der Waals surface area contributed by atoms with Crippen molar-refractivity contribution in [2.45, 2.75) is 23.8 Å². The van der Waals surface area contributed by atoms with Crippen LogP contribution in [0.3, 0.4) is 0 Å². The van der Waals surface area contributed by atoms with Crippen molar-refractivity contribution < 1.29 is 13.2 Å². The van der Waals surface area contributed by atoms with Crippen LogP contribution in [0.4, 0.5) is 0 Å². The van der Waals surface area contributed by atoms with Gasteiger partial charge in [0.1, 0.15) is 5.75 Å². The number of benzene rings is 2. The zero-order valence-corrected chi connectivity index (χ0v) is 13.3. The highest BCUT2D eigenvalue weighted by molar-refractivity contribution is 7.89. The molecule has 0 spiro atoms. The van der Waals surface area contributed by atoms with Crippen molar-refractivity contribution in [3.05, 3.63) is 36.4 Å². The largest absolute Gasteiger partial charge is 0.496 e. The van der Waals surface area contributed by atoms with Crippen molar-refractivity contribution in [2.75, 3.05) is 20.2 Å². The molecule has 1 aliphatic heterocycles. The van der Waals surface area contributed by atoms with E-state index < -0.39 is 10.0 Å². The second kappa shape index (κ2) is 5.87. The summed E-state index contributed by atoms with van der Waals surface area (Å²) < 4.78 is 33.0. The molecular formula is C16H20N2O3S. The lowest BCUT2D eigenvalue weighted by atomic mass is 10.1. The molecule has 1 atom stereocenters. The summed E-state index contributed by atoms with van der Waals surface area (Å²) in [5, 5.41) is 1.49. The standard InChI is InChI=1S/C16H20N2O3S/c1-21-15-8-9-16(14-7-3-2-6-13(14)15)22(19,20)18-10-4-5-12(18)11-17/h2-3,6-9,12H,4-5,10-11,17H2,1H3. The van der Waals surface area contributed by atoms with Crippen molar-refractivity contribution in [1.82, 2.24) is 4.31 Å². The molecule has 22 heavy (non-hydrogen) atoms. The van der Waals surface area contributed by atoms with Gasteiger partial charge in [-0.15, -0.1) is 0 Å². The predicted octanol–water partition coefficient (Wildman–Crippen LogP) is 1.96. The number of methoxy groups -OCH3 is 1. The third-order valence-electron chi connectivity index (χ3n) is 4.25. The second-order valence-electron chi connectivity index (χ2n) is 5.46.